The van der Waals surface area contributed by atoms with Crippen LogP contribution < -0.4 is 9.88 Å². The van der Waals surface area contributed by atoms with Crippen LogP contribution in [0.5, 0.6) is 11.5 Å². The van der Waals surface area contributed by atoms with E-state index < -0.39 is 10.0 Å². The lowest BCUT2D eigenvalue weighted by Gasteiger charge is -2.12. The second-order valence-corrected chi connectivity index (χ2v) is 7.45. The van der Waals surface area contributed by atoms with Crippen molar-refractivity contribution in [3.63, 3.8) is 0 Å². The molecule has 0 saturated heterocycles. The summed E-state index contributed by atoms with van der Waals surface area (Å²) in [5.74, 6) is 0.741. The molecular weight excluding hydrogens is 348 g/mol. The highest BCUT2D eigenvalue weighted by molar-refractivity contribution is 7.89. The third-order valence-corrected chi connectivity index (χ3v) is 5.06. The van der Waals surface area contributed by atoms with Gasteiger partial charge in [0.25, 0.3) is 0 Å². The predicted molar refractivity (Wildman–Crippen MR) is 102 cm³/mol. The fourth-order valence-electron chi connectivity index (χ4n) is 2.86. The summed E-state index contributed by atoms with van der Waals surface area (Å²) in [5.41, 5.74) is 1.60. The van der Waals surface area contributed by atoms with Crippen molar-refractivity contribution in [3.05, 3.63) is 79.1 Å². The highest BCUT2D eigenvalue weighted by Crippen LogP contribution is 2.33. The van der Waals surface area contributed by atoms with Gasteiger partial charge in [-0.2, -0.15) is 0 Å². The maximum atomic E-state index is 12.1. The van der Waals surface area contributed by atoms with Gasteiger partial charge < -0.3 is 9.72 Å². The molecule has 0 bridgehead atoms. The summed E-state index contributed by atoms with van der Waals surface area (Å²) < 4.78 is 30.0. The molecule has 130 valence electrons. The molecule has 0 radical (unpaired) electrons. The molecule has 0 fully saturated rings. The van der Waals surface area contributed by atoms with Gasteiger partial charge in [0.1, 0.15) is 16.4 Å². The molecule has 0 spiro atoms. The Bertz CT molecular complexity index is 1180. The second kappa shape index (κ2) is 6.33. The maximum absolute atomic E-state index is 12.1. The van der Waals surface area contributed by atoms with E-state index in [1.165, 1.54) is 6.07 Å². The van der Waals surface area contributed by atoms with E-state index in [0.717, 1.165) is 21.9 Å². The number of H-pyrrole nitrogens is 1. The van der Waals surface area contributed by atoms with E-state index in [-0.39, 0.29) is 10.6 Å². The van der Waals surface area contributed by atoms with Crippen molar-refractivity contribution < 1.29 is 13.2 Å². The molecule has 1 heterocycles. The van der Waals surface area contributed by atoms with Crippen molar-refractivity contribution in [1.82, 2.24) is 4.98 Å². The number of aromatic nitrogens is 1. The van der Waals surface area contributed by atoms with Crippen LogP contribution in [0.4, 0.5) is 0 Å². The first kappa shape index (κ1) is 16.4. The average molecular weight is 364 g/mol. The van der Waals surface area contributed by atoms with Gasteiger partial charge in [-0.1, -0.05) is 36.4 Å². The number of hydrogen-bond acceptors (Lipinski definition) is 3. The van der Waals surface area contributed by atoms with Crippen LogP contribution in [-0.2, 0) is 10.0 Å². The Morgan fingerprint density at radius 1 is 0.846 bits per heavy atom. The summed E-state index contributed by atoms with van der Waals surface area (Å²) in [6.07, 6.45) is 3.55. The van der Waals surface area contributed by atoms with Gasteiger partial charge in [-0.3, -0.25) is 0 Å². The molecule has 5 nitrogen and oxygen atoms in total. The van der Waals surface area contributed by atoms with Crippen LogP contribution in [0.3, 0.4) is 0 Å². The number of nitrogens with one attached hydrogen (secondary N) is 1. The summed E-state index contributed by atoms with van der Waals surface area (Å²) in [4.78, 5) is 2.89. The van der Waals surface area contributed by atoms with Crippen molar-refractivity contribution in [2.75, 3.05) is 0 Å². The van der Waals surface area contributed by atoms with E-state index in [0.29, 0.717) is 5.75 Å². The molecule has 0 amide bonds. The SMILES string of the molecule is NS(=O)(=O)c1cc(-c2cc[nH]c2)ccc1Oc1ccc2ccccc2c1. The zero-order valence-electron chi connectivity index (χ0n) is 13.7. The molecule has 0 aliphatic carbocycles. The molecule has 3 aromatic carbocycles. The minimum Gasteiger partial charge on any atom is -0.456 e. The summed E-state index contributed by atoms with van der Waals surface area (Å²) in [6, 6.07) is 20.3. The van der Waals surface area contributed by atoms with Gasteiger partial charge in [0.15, 0.2) is 0 Å². The smallest absolute Gasteiger partial charge is 0.241 e. The van der Waals surface area contributed by atoms with Crippen LogP contribution in [-0.4, -0.2) is 13.4 Å². The van der Waals surface area contributed by atoms with Crippen molar-refractivity contribution >= 4 is 20.8 Å². The lowest BCUT2D eigenvalue weighted by molar-refractivity contribution is 0.468. The molecule has 3 N–H and O–H groups in total. The van der Waals surface area contributed by atoms with E-state index >= 15 is 0 Å². The molecule has 0 aliphatic heterocycles. The first-order chi connectivity index (χ1) is 12.5. The Kier molecular flexibility index (Phi) is 3.99. The minimum absolute atomic E-state index is 0.0515. The quantitative estimate of drug-likeness (QED) is 0.567. The van der Waals surface area contributed by atoms with Crippen LogP contribution in [0.1, 0.15) is 0 Å². The zero-order valence-corrected chi connectivity index (χ0v) is 14.5. The van der Waals surface area contributed by atoms with Gasteiger partial charge in [0, 0.05) is 12.4 Å². The molecular formula is C20H16N2O3S. The number of primary sulfonamides is 1. The third kappa shape index (κ3) is 3.20. The highest BCUT2D eigenvalue weighted by atomic mass is 32.2. The summed E-state index contributed by atoms with van der Waals surface area (Å²) >= 11 is 0. The number of rotatable bonds is 4. The Morgan fingerprint density at radius 3 is 2.38 bits per heavy atom. The maximum Gasteiger partial charge on any atom is 0.241 e. The molecule has 0 saturated carbocycles. The second-order valence-electron chi connectivity index (χ2n) is 5.92. The first-order valence-electron chi connectivity index (χ1n) is 7.97. The molecule has 4 aromatic rings. The van der Waals surface area contributed by atoms with Crippen LogP contribution in [0.15, 0.2) is 84.0 Å². The summed E-state index contributed by atoms with van der Waals surface area (Å²) in [5, 5.41) is 7.49. The largest absolute Gasteiger partial charge is 0.456 e. The van der Waals surface area contributed by atoms with Crippen molar-refractivity contribution in [2.24, 2.45) is 5.14 Å². The summed E-state index contributed by atoms with van der Waals surface area (Å²) in [7, 11) is -3.94. The lowest BCUT2D eigenvalue weighted by Crippen LogP contribution is -2.13. The predicted octanol–water partition coefficient (Wildman–Crippen LogP) is 4.27. The number of benzene rings is 3. The van der Waals surface area contributed by atoms with Crippen LogP contribution in [0, 0.1) is 0 Å². The van der Waals surface area contributed by atoms with Gasteiger partial charge >= 0.3 is 0 Å². The van der Waals surface area contributed by atoms with Gasteiger partial charge in [-0.05, 0) is 52.2 Å². The topological polar surface area (TPSA) is 85.2 Å². The highest BCUT2D eigenvalue weighted by Gasteiger charge is 2.17. The van der Waals surface area contributed by atoms with Gasteiger partial charge in [-0.25, -0.2) is 13.6 Å². The molecule has 0 aliphatic rings. The van der Waals surface area contributed by atoms with Crippen molar-refractivity contribution in [3.8, 4) is 22.6 Å². The molecule has 6 heteroatoms. The van der Waals surface area contributed by atoms with Crippen molar-refractivity contribution in [2.45, 2.75) is 4.90 Å². The normalized spacial score (nSPS) is 11.6. The Morgan fingerprint density at radius 2 is 1.65 bits per heavy atom. The van der Waals surface area contributed by atoms with Crippen LogP contribution in [0.25, 0.3) is 21.9 Å². The number of sulfonamides is 1. The van der Waals surface area contributed by atoms with Gasteiger partial charge in [0.2, 0.25) is 10.0 Å². The number of fused-ring (bicyclic) bond motifs is 1. The molecule has 26 heavy (non-hydrogen) atoms. The number of aromatic amines is 1. The lowest BCUT2D eigenvalue weighted by atomic mass is 10.1. The average Bonchev–Trinajstić information content (AvgIpc) is 3.16. The van der Waals surface area contributed by atoms with E-state index in [1.807, 2.05) is 42.5 Å². The Labute approximate surface area is 151 Å². The van der Waals surface area contributed by atoms with Gasteiger partial charge in [0.05, 0.1) is 0 Å². The van der Waals surface area contributed by atoms with Crippen LogP contribution >= 0.6 is 0 Å². The molecule has 4 rings (SSSR count). The zero-order chi connectivity index (χ0) is 18.1. The van der Waals surface area contributed by atoms with E-state index in [2.05, 4.69) is 4.98 Å². The van der Waals surface area contributed by atoms with Gasteiger partial charge in [-0.15, -0.1) is 0 Å². The van der Waals surface area contributed by atoms with E-state index in [4.69, 9.17) is 9.88 Å². The number of nitrogens with two attached hydrogens (primary N) is 1. The molecule has 1 aromatic heterocycles. The minimum atomic E-state index is -3.94. The first-order valence-corrected chi connectivity index (χ1v) is 9.52. The molecule has 0 atom stereocenters. The monoisotopic (exact) mass is 364 g/mol. The summed E-state index contributed by atoms with van der Waals surface area (Å²) in [6.45, 7) is 0. The molecule has 0 unspecified atom stereocenters. The standard InChI is InChI=1S/C20H16N2O3S/c21-26(23,24)20-12-16(17-9-10-22-13-17)6-8-19(20)25-18-7-5-14-3-1-2-4-15(14)11-18/h1-13,22H,(H2,21,23,24). The Balaban J connectivity index is 1.77. The van der Waals surface area contributed by atoms with E-state index in [9.17, 15) is 8.42 Å². The Hall–Kier alpha value is -3.09. The fraction of sp³-hybridized carbons (Fsp3) is 0. The van der Waals surface area contributed by atoms with Crippen molar-refractivity contribution in [1.29, 1.82) is 0 Å². The number of ether oxygens (including phenoxy) is 1. The van der Waals surface area contributed by atoms with E-state index in [1.54, 1.807) is 30.6 Å². The van der Waals surface area contributed by atoms with Crippen LogP contribution in [0.2, 0.25) is 0 Å². The fourth-order valence-corrected chi connectivity index (χ4v) is 3.54. The third-order valence-electron chi connectivity index (χ3n) is 4.13. The number of hydrogen-bond donors (Lipinski definition) is 2.